The maximum Gasteiger partial charge on any atom is 0.191 e. The second kappa shape index (κ2) is 4.20. The van der Waals surface area contributed by atoms with Gasteiger partial charge in [0.1, 0.15) is 5.25 Å². The van der Waals surface area contributed by atoms with Gasteiger partial charge in [-0.15, -0.1) is 0 Å². The van der Waals surface area contributed by atoms with Gasteiger partial charge >= 0.3 is 0 Å². The molecule has 1 heterocycles. The van der Waals surface area contributed by atoms with Crippen LogP contribution in [0.1, 0.15) is 16.4 Å². The molecule has 0 saturated heterocycles. The van der Waals surface area contributed by atoms with Gasteiger partial charge in [-0.1, -0.05) is 48.5 Å². The molecule has 0 spiro atoms. The molecule has 0 bridgehead atoms. The van der Waals surface area contributed by atoms with Crippen molar-refractivity contribution in [2.45, 2.75) is 10.1 Å². The number of fused-ring (bicyclic) bond motifs is 1. The van der Waals surface area contributed by atoms with Gasteiger partial charge in [0, 0.05) is 5.56 Å². The summed E-state index contributed by atoms with van der Waals surface area (Å²) in [7, 11) is -3.47. The lowest BCUT2D eigenvalue weighted by Crippen LogP contribution is -2.15. The Kier molecular flexibility index (Phi) is 2.64. The Morgan fingerprint density at radius 1 is 0.947 bits per heavy atom. The fraction of sp³-hybridized carbons (Fsp3) is 0.0714. The second-order valence-corrected chi connectivity index (χ2v) is 6.35. The van der Waals surface area contributed by atoms with Crippen molar-refractivity contribution >= 4 is 15.5 Å². The summed E-state index contributed by atoms with van der Waals surface area (Å²) in [5, 5.41) is 2.91. The van der Waals surface area contributed by atoms with Crippen LogP contribution in [0.4, 0.5) is 0 Å². The van der Waals surface area contributed by atoms with Gasteiger partial charge in [-0.3, -0.25) is 0 Å². The van der Waals surface area contributed by atoms with Crippen molar-refractivity contribution in [2.75, 3.05) is 0 Å². The van der Waals surface area contributed by atoms with Gasteiger partial charge < -0.3 is 5.84 Å². The van der Waals surface area contributed by atoms with E-state index in [4.69, 9.17) is 5.84 Å². The lowest BCUT2D eigenvalue weighted by Gasteiger charge is -2.10. The molecule has 0 fully saturated rings. The van der Waals surface area contributed by atoms with Crippen LogP contribution in [0.15, 0.2) is 64.6 Å². The smallest absolute Gasteiger partial charge is 0.191 e. The molecule has 0 amide bonds. The lowest BCUT2D eigenvalue weighted by atomic mass is 10.0. The molecule has 0 aliphatic carbocycles. The molecule has 1 atom stereocenters. The lowest BCUT2D eigenvalue weighted by molar-refractivity contribution is 0.594. The van der Waals surface area contributed by atoms with Crippen molar-refractivity contribution in [1.82, 2.24) is 0 Å². The molecule has 4 nitrogen and oxygen atoms in total. The van der Waals surface area contributed by atoms with Crippen LogP contribution < -0.4 is 5.84 Å². The third-order valence-electron chi connectivity index (χ3n) is 3.27. The van der Waals surface area contributed by atoms with Crippen molar-refractivity contribution in [3.05, 3.63) is 65.7 Å². The number of rotatable bonds is 1. The van der Waals surface area contributed by atoms with Crippen molar-refractivity contribution in [3.8, 4) is 0 Å². The quantitative estimate of drug-likeness (QED) is 0.636. The summed E-state index contributed by atoms with van der Waals surface area (Å²) in [6, 6.07) is 15.8. The first kappa shape index (κ1) is 11.9. The maximum atomic E-state index is 12.6. The molecule has 1 unspecified atom stereocenters. The van der Waals surface area contributed by atoms with Gasteiger partial charge in [0.25, 0.3) is 0 Å². The molecule has 0 radical (unpaired) electrons. The van der Waals surface area contributed by atoms with Crippen LogP contribution in [-0.2, 0) is 9.84 Å². The summed E-state index contributed by atoms with van der Waals surface area (Å²) in [5.74, 6) is 5.42. The zero-order chi connectivity index (χ0) is 13.5. The third kappa shape index (κ3) is 1.66. The topological polar surface area (TPSA) is 72.5 Å². The molecule has 2 N–H and O–H groups in total. The van der Waals surface area contributed by atoms with Crippen LogP contribution >= 0.6 is 0 Å². The molecule has 1 aliphatic heterocycles. The molecule has 1 aliphatic rings. The number of benzene rings is 2. The van der Waals surface area contributed by atoms with Gasteiger partial charge in [-0.05, 0) is 11.6 Å². The van der Waals surface area contributed by atoms with Crippen molar-refractivity contribution in [1.29, 1.82) is 0 Å². The highest BCUT2D eigenvalue weighted by Crippen LogP contribution is 2.40. The zero-order valence-corrected chi connectivity index (χ0v) is 10.8. The molecule has 3 rings (SSSR count). The SMILES string of the molecule is N/N=C1/c2ccccc2S(=O)(=O)C1c1ccccc1. The zero-order valence-electron chi connectivity index (χ0n) is 10.0. The summed E-state index contributed by atoms with van der Waals surface area (Å²) in [6.45, 7) is 0. The minimum atomic E-state index is -3.47. The minimum absolute atomic E-state index is 0.299. The molecule has 5 heteroatoms. The fourth-order valence-corrected chi connectivity index (χ4v) is 4.44. The Hall–Kier alpha value is -2.14. The largest absolute Gasteiger partial charge is 0.323 e. The van der Waals surface area contributed by atoms with E-state index in [1.54, 1.807) is 36.4 Å². The second-order valence-electron chi connectivity index (χ2n) is 4.35. The summed E-state index contributed by atoms with van der Waals surface area (Å²) in [6.07, 6.45) is 0. The van der Waals surface area contributed by atoms with E-state index in [1.807, 2.05) is 18.2 Å². The highest BCUT2D eigenvalue weighted by Gasteiger charge is 2.43. The van der Waals surface area contributed by atoms with Gasteiger partial charge in [0.2, 0.25) is 0 Å². The van der Waals surface area contributed by atoms with Gasteiger partial charge in [0.05, 0.1) is 10.6 Å². The average molecular weight is 272 g/mol. The molecule has 96 valence electrons. The first-order valence-electron chi connectivity index (χ1n) is 5.82. The molecule has 0 aromatic heterocycles. The maximum absolute atomic E-state index is 12.6. The molecular weight excluding hydrogens is 260 g/mol. The van der Waals surface area contributed by atoms with Gasteiger partial charge in [-0.2, -0.15) is 5.10 Å². The summed E-state index contributed by atoms with van der Waals surface area (Å²) in [5.41, 5.74) is 1.68. The van der Waals surface area contributed by atoms with Crippen molar-refractivity contribution in [2.24, 2.45) is 10.9 Å². The first-order chi connectivity index (χ1) is 9.16. The molecule has 2 aromatic rings. The van der Waals surface area contributed by atoms with Crippen LogP contribution in [0.2, 0.25) is 0 Å². The van der Waals surface area contributed by atoms with Crippen LogP contribution in [0.3, 0.4) is 0 Å². The van der Waals surface area contributed by atoms with Gasteiger partial charge in [0.15, 0.2) is 9.84 Å². The van der Waals surface area contributed by atoms with Crippen LogP contribution in [-0.4, -0.2) is 14.1 Å². The summed E-state index contributed by atoms with van der Waals surface area (Å²) in [4.78, 5) is 0.299. The number of hydrazone groups is 1. The highest BCUT2D eigenvalue weighted by molar-refractivity contribution is 7.93. The number of sulfone groups is 1. The fourth-order valence-electron chi connectivity index (χ4n) is 2.44. The van der Waals surface area contributed by atoms with E-state index in [-0.39, 0.29) is 0 Å². The standard InChI is InChI=1S/C14H12N2O2S/c15-16-13-11-8-4-5-9-12(11)19(17,18)14(13)10-6-2-1-3-7-10/h1-9,14H,15H2/b16-13-. The average Bonchev–Trinajstić information content (AvgIpc) is 2.68. The summed E-state index contributed by atoms with van der Waals surface area (Å²) >= 11 is 0. The minimum Gasteiger partial charge on any atom is -0.323 e. The Bertz CT molecular complexity index is 752. The van der Waals surface area contributed by atoms with Crippen LogP contribution in [0.5, 0.6) is 0 Å². The predicted octanol–water partition coefficient (Wildman–Crippen LogP) is 1.88. The van der Waals surface area contributed by atoms with E-state index in [0.29, 0.717) is 21.7 Å². The normalized spacial score (nSPS) is 22.3. The summed E-state index contributed by atoms with van der Waals surface area (Å²) < 4.78 is 25.2. The van der Waals surface area contributed by atoms with Crippen LogP contribution in [0.25, 0.3) is 0 Å². The van der Waals surface area contributed by atoms with Crippen molar-refractivity contribution in [3.63, 3.8) is 0 Å². The molecule has 0 saturated carbocycles. The van der Waals surface area contributed by atoms with E-state index in [9.17, 15) is 8.42 Å². The Labute approximate surface area is 111 Å². The molecule has 2 aromatic carbocycles. The highest BCUT2D eigenvalue weighted by atomic mass is 32.2. The van der Waals surface area contributed by atoms with Crippen LogP contribution in [0, 0.1) is 0 Å². The Morgan fingerprint density at radius 2 is 1.58 bits per heavy atom. The van der Waals surface area contributed by atoms with E-state index in [2.05, 4.69) is 5.10 Å². The predicted molar refractivity (Wildman–Crippen MR) is 73.5 cm³/mol. The van der Waals surface area contributed by atoms with E-state index >= 15 is 0 Å². The van der Waals surface area contributed by atoms with E-state index in [0.717, 1.165) is 0 Å². The number of nitrogens with zero attached hydrogens (tertiary/aromatic N) is 1. The van der Waals surface area contributed by atoms with Crippen molar-refractivity contribution < 1.29 is 8.42 Å². The number of nitrogens with two attached hydrogens (primary N) is 1. The third-order valence-corrected chi connectivity index (χ3v) is 5.35. The van der Waals surface area contributed by atoms with E-state index < -0.39 is 15.1 Å². The molecule has 19 heavy (non-hydrogen) atoms. The monoisotopic (exact) mass is 272 g/mol. The van der Waals surface area contributed by atoms with E-state index in [1.165, 1.54) is 0 Å². The Morgan fingerprint density at radius 3 is 2.26 bits per heavy atom. The number of hydrogen-bond donors (Lipinski definition) is 1. The number of hydrogen-bond acceptors (Lipinski definition) is 4. The molecular formula is C14H12N2O2S. The Balaban J connectivity index is 2.29. The first-order valence-corrected chi connectivity index (χ1v) is 7.37. The van der Waals surface area contributed by atoms with Gasteiger partial charge in [-0.25, -0.2) is 8.42 Å².